The zero-order valence-corrected chi connectivity index (χ0v) is 14.0. The van der Waals surface area contributed by atoms with Crippen molar-refractivity contribution in [1.29, 1.82) is 0 Å². The van der Waals surface area contributed by atoms with Gasteiger partial charge < -0.3 is 20.5 Å². The van der Waals surface area contributed by atoms with Gasteiger partial charge in [-0.15, -0.1) is 0 Å². The average Bonchev–Trinajstić information content (AvgIpc) is 2.52. The molecule has 2 atom stereocenters. The van der Waals surface area contributed by atoms with Crippen molar-refractivity contribution < 1.29 is 9.47 Å². The molecule has 0 bridgehead atoms. The second kappa shape index (κ2) is 6.79. The van der Waals surface area contributed by atoms with Gasteiger partial charge in [-0.3, -0.25) is 4.99 Å². The fraction of sp³-hybridized carbons (Fsp3) is 0.611. The largest absolute Gasteiger partial charge is 0.493 e. The number of guanidine groups is 1. The normalized spacial score (nSPS) is 27.0. The van der Waals surface area contributed by atoms with Gasteiger partial charge in [0, 0.05) is 25.1 Å². The van der Waals surface area contributed by atoms with E-state index in [0.717, 1.165) is 43.7 Å². The molecule has 0 aromatic heterocycles. The van der Waals surface area contributed by atoms with Crippen LogP contribution in [-0.2, 0) is 4.74 Å². The number of rotatable bonds is 3. The molecule has 1 saturated heterocycles. The van der Waals surface area contributed by atoms with E-state index in [1.165, 1.54) is 0 Å². The molecule has 2 heterocycles. The van der Waals surface area contributed by atoms with Crippen molar-refractivity contribution in [2.75, 3.05) is 19.8 Å². The summed E-state index contributed by atoms with van der Waals surface area (Å²) in [6.07, 6.45) is 2.99. The topological polar surface area (TPSA) is 68.9 Å². The molecule has 0 radical (unpaired) electrons. The minimum absolute atomic E-state index is 0.0414. The molecule has 2 unspecified atom stereocenters. The summed E-state index contributed by atoms with van der Waals surface area (Å²) in [5.74, 6) is 2.01. The Kier molecular flexibility index (Phi) is 4.76. The minimum atomic E-state index is -0.0414. The maximum atomic E-state index is 6.11. The lowest BCUT2D eigenvalue weighted by Crippen LogP contribution is -2.39. The Hall–Kier alpha value is -1.75. The first kappa shape index (κ1) is 16.1. The minimum Gasteiger partial charge on any atom is -0.493 e. The number of benzene rings is 1. The Labute approximate surface area is 138 Å². The summed E-state index contributed by atoms with van der Waals surface area (Å²) in [6, 6.07) is 8.28. The lowest BCUT2D eigenvalue weighted by molar-refractivity contribution is -0.0705. The van der Waals surface area contributed by atoms with E-state index in [1.807, 2.05) is 18.2 Å². The van der Waals surface area contributed by atoms with E-state index in [1.54, 1.807) is 0 Å². The third-order valence-corrected chi connectivity index (χ3v) is 4.60. The lowest BCUT2D eigenvalue weighted by atomic mass is 9.88. The highest BCUT2D eigenvalue weighted by atomic mass is 16.5. The summed E-state index contributed by atoms with van der Waals surface area (Å²) in [5.41, 5.74) is 7.23. The predicted molar refractivity (Wildman–Crippen MR) is 91.7 cm³/mol. The molecule has 0 aliphatic carbocycles. The number of nitrogens with two attached hydrogens (primary N) is 1. The van der Waals surface area contributed by atoms with Gasteiger partial charge >= 0.3 is 0 Å². The van der Waals surface area contributed by atoms with E-state index >= 15 is 0 Å². The summed E-state index contributed by atoms with van der Waals surface area (Å²) in [7, 11) is 0. The Balaban J connectivity index is 1.58. The molecular weight excluding hydrogens is 290 g/mol. The molecule has 5 nitrogen and oxygen atoms in total. The molecule has 0 saturated carbocycles. The van der Waals surface area contributed by atoms with Crippen LogP contribution in [0.2, 0.25) is 0 Å². The third-order valence-electron chi connectivity index (χ3n) is 4.60. The maximum absolute atomic E-state index is 6.11. The van der Waals surface area contributed by atoms with Crippen molar-refractivity contribution in [1.82, 2.24) is 5.32 Å². The van der Waals surface area contributed by atoms with Crippen LogP contribution in [0.4, 0.5) is 0 Å². The van der Waals surface area contributed by atoms with Gasteiger partial charge in [0.25, 0.3) is 0 Å². The Morgan fingerprint density at radius 2 is 2.13 bits per heavy atom. The van der Waals surface area contributed by atoms with E-state index in [4.69, 9.17) is 15.2 Å². The molecule has 126 valence electrons. The number of hydrogen-bond donors (Lipinski definition) is 2. The summed E-state index contributed by atoms with van der Waals surface area (Å²) in [5, 5.41) is 3.35. The summed E-state index contributed by atoms with van der Waals surface area (Å²) in [6.45, 7) is 6.56. The van der Waals surface area contributed by atoms with Crippen molar-refractivity contribution in [3.05, 3.63) is 29.8 Å². The highest BCUT2D eigenvalue weighted by Gasteiger charge is 2.28. The fourth-order valence-corrected chi connectivity index (χ4v) is 3.46. The van der Waals surface area contributed by atoms with Crippen LogP contribution in [0.15, 0.2) is 29.3 Å². The summed E-state index contributed by atoms with van der Waals surface area (Å²) >= 11 is 0. The van der Waals surface area contributed by atoms with Crippen LogP contribution in [0.1, 0.15) is 44.7 Å². The van der Waals surface area contributed by atoms with Crippen LogP contribution in [0.5, 0.6) is 5.75 Å². The van der Waals surface area contributed by atoms with Crippen LogP contribution in [0, 0.1) is 5.92 Å². The molecular formula is C18H27N3O2. The van der Waals surface area contributed by atoms with Gasteiger partial charge in [-0.05, 0) is 38.7 Å². The number of ether oxygens (including phenoxy) is 2. The standard InChI is InChI=1S/C18H27N3O2/c1-18(2)11-13(7-10-23-18)12-20-17(19)21-15-8-9-22-16-6-4-3-5-14(15)16/h3-6,13,15H,7-12H2,1-2H3,(H3,19,20,21). The fourth-order valence-electron chi connectivity index (χ4n) is 3.46. The van der Waals surface area contributed by atoms with Crippen molar-refractivity contribution in [3.8, 4) is 5.75 Å². The zero-order chi connectivity index (χ0) is 16.3. The lowest BCUT2D eigenvalue weighted by Gasteiger charge is -2.35. The SMILES string of the molecule is CC1(C)CC(CN=C(N)NC2CCOc3ccccc32)CCO1. The highest BCUT2D eigenvalue weighted by molar-refractivity contribution is 5.78. The number of nitrogens with one attached hydrogen (secondary N) is 1. The number of hydrogen-bond acceptors (Lipinski definition) is 3. The predicted octanol–water partition coefficient (Wildman–Crippen LogP) is 2.62. The number of nitrogens with zero attached hydrogens (tertiary/aromatic N) is 1. The molecule has 0 amide bonds. The second-order valence-electron chi connectivity index (χ2n) is 7.06. The summed E-state index contributed by atoms with van der Waals surface area (Å²) in [4.78, 5) is 4.57. The van der Waals surface area contributed by atoms with Gasteiger partial charge in [0.15, 0.2) is 5.96 Å². The van der Waals surface area contributed by atoms with Crippen molar-refractivity contribution in [2.45, 2.75) is 44.8 Å². The highest BCUT2D eigenvalue weighted by Crippen LogP contribution is 2.31. The second-order valence-corrected chi connectivity index (χ2v) is 7.06. The number of aliphatic imine (C=N–C) groups is 1. The molecule has 1 fully saturated rings. The molecule has 0 spiro atoms. The Morgan fingerprint density at radius 3 is 2.96 bits per heavy atom. The quantitative estimate of drug-likeness (QED) is 0.664. The van der Waals surface area contributed by atoms with Gasteiger partial charge in [-0.2, -0.15) is 0 Å². The van der Waals surface area contributed by atoms with E-state index in [-0.39, 0.29) is 11.6 Å². The number of fused-ring (bicyclic) bond motifs is 1. The van der Waals surface area contributed by atoms with E-state index in [0.29, 0.717) is 18.5 Å². The molecule has 5 heteroatoms. The van der Waals surface area contributed by atoms with Crippen molar-refractivity contribution in [3.63, 3.8) is 0 Å². The van der Waals surface area contributed by atoms with Crippen molar-refractivity contribution >= 4 is 5.96 Å². The van der Waals surface area contributed by atoms with E-state index in [2.05, 4.69) is 30.2 Å². The summed E-state index contributed by atoms with van der Waals surface area (Å²) < 4.78 is 11.4. The van der Waals surface area contributed by atoms with Crippen LogP contribution in [0.3, 0.4) is 0 Å². The van der Waals surface area contributed by atoms with Crippen LogP contribution in [0.25, 0.3) is 0 Å². The average molecular weight is 317 g/mol. The number of para-hydroxylation sites is 1. The molecule has 2 aliphatic rings. The maximum Gasteiger partial charge on any atom is 0.189 e. The molecule has 1 aromatic carbocycles. The van der Waals surface area contributed by atoms with Gasteiger partial charge in [0.2, 0.25) is 0 Å². The molecule has 23 heavy (non-hydrogen) atoms. The molecule has 1 aromatic rings. The Morgan fingerprint density at radius 1 is 1.30 bits per heavy atom. The van der Waals surface area contributed by atoms with Crippen molar-refractivity contribution in [2.24, 2.45) is 16.6 Å². The van der Waals surface area contributed by atoms with E-state index < -0.39 is 0 Å². The van der Waals surface area contributed by atoms with Crippen LogP contribution < -0.4 is 15.8 Å². The van der Waals surface area contributed by atoms with Gasteiger partial charge in [-0.1, -0.05) is 18.2 Å². The molecule has 3 rings (SSSR count). The smallest absolute Gasteiger partial charge is 0.189 e. The van der Waals surface area contributed by atoms with E-state index in [9.17, 15) is 0 Å². The zero-order valence-electron chi connectivity index (χ0n) is 14.0. The molecule has 3 N–H and O–H groups in total. The first-order valence-corrected chi connectivity index (χ1v) is 8.46. The molecule has 2 aliphatic heterocycles. The van der Waals surface area contributed by atoms with Gasteiger partial charge in [0.1, 0.15) is 5.75 Å². The Bertz CT molecular complexity index is 571. The van der Waals surface area contributed by atoms with Gasteiger partial charge in [0.05, 0.1) is 18.2 Å². The third kappa shape index (κ3) is 4.16. The van der Waals surface area contributed by atoms with Crippen LogP contribution >= 0.6 is 0 Å². The van der Waals surface area contributed by atoms with Gasteiger partial charge in [-0.25, -0.2) is 0 Å². The van der Waals surface area contributed by atoms with Crippen LogP contribution in [-0.4, -0.2) is 31.3 Å². The monoisotopic (exact) mass is 317 g/mol. The first-order valence-electron chi connectivity index (χ1n) is 8.46. The first-order chi connectivity index (χ1) is 11.0.